The van der Waals surface area contributed by atoms with Gasteiger partial charge in [0.2, 0.25) is 5.91 Å². The zero-order chi connectivity index (χ0) is 19.3. The molecular weight excluding hydrogens is 347 g/mol. The summed E-state index contributed by atoms with van der Waals surface area (Å²) in [6.07, 6.45) is 2.65. The van der Waals surface area contributed by atoms with Crippen molar-refractivity contribution in [2.24, 2.45) is 22.1 Å². The number of amides is 1. The summed E-state index contributed by atoms with van der Waals surface area (Å²) in [5, 5.41) is 3.33. The topological polar surface area (TPSA) is 79.9 Å². The lowest BCUT2D eigenvalue weighted by molar-refractivity contribution is -0.121. The molecule has 2 aliphatic rings. The molecule has 3 N–H and O–H groups in total. The zero-order valence-corrected chi connectivity index (χ0v) is 15.9. The van der Waals surface area contributed by atoms with Gasteiger partial charge in [0.15, 0.2) is 5.96 Å². The number of primary amides is 1. The van der Waals surface area contributed by atoms with Crippen LogP contribution in [0.25, 0.3) is 0 Å². The highest BCUT2D eigenvalue weighted by Crippen LogP contribution is 2.38. The van der Waals surface area contributed by atoms with Gasteiger partial charge in [0.1, 0.15) is 5.82 Å². The lowest BCUT2D eigenvalue weighted by atomic mass is 9.87. The number of nitrogens with zero attached hydrogens (tertiary/aromatic N) is 2. The summed E-state index contributed by atoms with van der Waals surface area (Å²) in [6, 6.07) is 6.16. The summed E-state index contributed by atoms with van der Waals surface area (Å²) in [7, 11) is 0. The molecule has 0 saturated carbocycles. The van der Waals surface area contributed by atoms with Gasteiger partial charge in [0.05, 0.1) is 19.1 Å². The van der Waals surface area contributed by atoms with Crippen molar-refractivity contribution in [1.29, 1.82) is 0 Å². The molecule has 148 valence electrons. The molecule has 2 heterocycles. The van der Waals surface area contributed by atoms with Gasteiger partial charge >= 0.3 is 0 Å². The van der Waals surface area contributed by atoms with Crippen molar-refractivity contribution >= 4 is 11.9 Å². The Morgan fingerprint density at radius 3 is 2.81 bits per heavy atom. The van der Waals surface area contributed by atoms with Gasteiger partial charge in [-0.3, -0.25) is 9.79 Å². The standard InChI is InChI=1S/C20H29FN4O2/c1-2-23-19(25-9-7-20(13-25)8-10-27-14-20)24-12-16(18(22)26)11-15-3-5-17(21)6-4-15/h3-6,16H,2,7-14H2,1H3,(H2,22,26)(H,23,24). The van der Waals surface area contributed by atoms with Crippen molar-refractivity contribution in [2.45, 2.75) is 26.2 Å². The summed E-state index contributed by atoms with van der Waals surface area (Å²) in [5.41, 5.74) is 6.71. The van der Waals surface area contributed by atoms with Crippen LogP contribution in [-0.2, 0) is 16.0 Å². The normalized spacial score (nSPS) is 23.8. The highest BCUT2D eigenvalue weighted by molar-refractivity contribution is 5.81. The van der Waals surface area contributed by atoms with E-state index < -0.39 is 5.92 Å². The molecule has 2 atom stereocenters. The number of guanidine groups is 1. The van der Waals surface area contributed by atoms with E-state index in [1.807, 2.05) is 6.92 Å². The van der Waals surface area contributed by atoms with Gasteiger partial charge in [-0.1, -0.05) is 12.1 Å². The van der Waals surface area contributed by atoms with Crippen LogP contribution in [-0.4, -0.2) is 56.2 Å². The smallest absolute Gasteiger partial charge is 0.222 e. The van der Waals surface area contributed by atoms with E-state index in [2.05, 4.69) is 10.2 Å². The van der Waals surface area contributed by atoms with Crippen molar-refractivity contribution < 1.29 is 13.9 Å². The van der Waals surface area contributed by atoms with Crippen LogP contribution in [0.4, 0.5) is 4.39 Å². The van der Waals surface area contributed by atoms with E-state index in [9.17, 15) is 9.18 Å². The van der Waals surface area contributed by atoms with E-state index in [-0.39, 0.29) is 17.1 Å². The Morgan fingerprint density at radius 1 is 1.41 bits per heavy atom. The monoisotopic (exact) mass is 376 g/mol. The summed E-state index contributed by atoms with van der Waals surface area (Å²) in [5.74, 6) is -0.274. The Hall–Kier alpha value is -2.15. The lowest BCUT2D eigenvalue weighted by Crippen LogP contribution is -2.42. The molecule has 0 radical (unpaired) electrons. The molecule has 2 unspecified atom stereocenters. The molecule has 1 spiro atoms. The molecule has 2 aliphatic heterocycles. The number of hydrogen-bond donors (Lipinski definition) is 2. The third-order valence-electron chi connectivity index (χ3n) is 5.52. The number of carbonyl (C=O) groups excluding carboxylic acids is 1. The number of ether oxygens (including phenoxy) is 1. The highest BCUT2D eigenvalue weighted by Gasteiger charge is 2.42. The van der Waals surface area contributed by atoms with Crippen LogP contribution in [0.3, 0.4) is 0 Å². The summed E-state index contributed by atoms with van der Waals surface area (Å²) in [4.78, 5) is 18.9. The van der Waals surface area contributed by atoms with Crippen molar-refractivity contribution in [3.8, 4) is 0 Å². The van der Waals surface area contributed by atoms with Crippen molar-refractivity contribution in [3.63, 3.8) is 0 Å². The average Bonchev–Trinajstić information content (AvgIpc) is 3.29. The average molecular weight is 376 g/mol. The fraction of sp³-hybridized carbons (Fsp3) is 0.600. The van der Waals surface area contributed by atoms with E-state index in [0.717, 1.165) is 57.2 Å². The molecule has 0 aromatic heterocycles. The molecule has 1 aromatic rings. The minimum Gasteiger partial charge on any atom is -0.381 e. The number of likely N-dealkylation sites (tertiary alicyclic amines) is 1. The van der Waals surface area contributed by atoms with Crippen LogP contribution in [0.5, 0.6) is 0 Å². The predicted octanol–water partition coefficient (Wildman–Crippen LogP) is 1.55. The molecule has 1 aromatic carbocycles. The minimum atomic E-state index is -0.421. The molecule has 2 fully saturated rings. The molecule has 6 nitrogen and oxygen atoms in total. The maximum Gasteiger partial charge on any atom is 0.222 e. The lowest BCUT2D eigenvalue weighted by Gasteiger charge is -2.25. The van der Waals surface area contributed by atoms with E-state index in [1.165, 1.54) is 12.1 Å². The van der Waals surface area contributed by atoms with Gasteiger partial charge in [0, 0.05) is 31.7 Å². The second-order valence-corrected chi connectivity index (χ2v) is 7.60. The molecule has 0 aliphatic carbocycles. The van der Waals surface area contributed by atoms with Crippen molar-refractivity contribution in [3.05, 3.63) is 35.6 Å². The Bertz CT molecular complexity index is 671. The minimum absolute atomic E-state index is 0.243. The molecular formula is C20H29FN4O2. The summed E-state index contributed by atoms with van der Waals surface area (Å²) in [6.45, 7) is 6.63. The predicted molar refractivity (Wildman–Crippen MR) is 103 cm³/mol. The summed E-state index contributed by atoms with van der Waals surface area (Å²) >= 11 is 0. The fourth-order valence-corrected chi connectivity index (χ4v) is 3.87. The number of carbonyl (C=O) groups is 1. The first kappa shape index (κ1) is 19.6. The molecule has 1 amide bonds. The Kier molecular flexibility index (Phi) is 6.31. The molecule has 27 heavy (non-hydrogen) atoms. The van der Waals surface area contributed by atoms with Gasteiger partial charge in [-0.15, -0.1) is 0 Å². The van der Waals surface area contributed by atoms with Crippen LogP contribution in [0.15, 0.2) is 29.3 Å². The molecule has 3 rings (SSSR count). The van der Waals surface area contributed by atoms with Crippen LogP contribution in [0.2, 0.25) is 0 Å². The van der Waals surface area contributed by atoms with Crippen LogP contribution >= 0.6 is 0 Å². The van der Waals surface area contributed by atoms with Crippen LogP contribution in [0.1, 0.15) is 25.3 Å². The molecule has 2 saturated heterocycles. The van der Waals surface area contributed by atoms with Crippen molar-refractivity contribution in [1.82, 2.24) is 10.2 Å². The largest absolute Gasteiger partial charge is 0.381 e. The summed E-state index contributed by atoms with van der Waals surface area (Å²) < 4.78 is 18.7. The van der Waals surface area contributed by atoms with Gasteiger partial charge in [-0.25, -0.2) is 4.39 Å². The zero-order valence-electron chi connectivity index (χ0n) is 15.9. The van der Waals surface area contributed by atoms with Gasteiger partial charge in [-0.05, 0) is 43.9 Å². The number of halogens is 1. The number of nitrogens with one attached hydrogen (secondary N) is 1. The number of nitrogens with two attached hydrogens (primary N) is 1. The fourth-order valence-electron chi connectivity index (χ4n) is 3.87. The SMILES string of the molecule is CCNC(=NCC(Cc1ccc(F)cc1)C(N)=O)N1CCC2(CCOC2)C1. The number of aliphatic imine (C=N–C) groups is 1. The maximum absolute atomic E-state index is 13.1. The van der Waals surface area contributed by atoms with E-state index >= 15 is 0 Å². The first-order chi connectivity index (χ1) is 13.0. The number of rotatable bonds is 6. The first-order valence-electron chi connectivity index (χ1n) is 9.66. The van der Waals surface area contributed by atoms with Gasteiger partial charge in [-0.2, -0.15) is 0 Å². The first-order valence-corrected chi connectivity index (χ1v) is 9.66. The second kappa shape index (κ2) is 8.69. The number of benzene rings is 1. The van der Waals surface area contributed by atoms with Gasteiger partial charge < -0.3 is 20.7 Å². The van der Waals surface area contributed by atoms with E-state index in [4.69, 9.17) is 15.5 Å². The van der Waals surface area contributed by atoms with E-state index in [1.54, 1.807) is 12.1 Å². The van der Waals surface area contributed by atoms with E-state index in [0.29, 0.717) is 13.0 Å². The number of hydrogen-bond acceptors (Lipinski definition) is 3. The Labute approximate surface area is 160 Å². The van der Waals surface area contributed by atoms with Crippen LogP contribution in [0, 0.1) is 17.2 Å². The van der Waals surface area contributed by atoms with Crippen molar-refractivity contribution in [2.75, 3.05) is 39.4 Å². The Balaban J connectivity index is 1.66. The third-order valence-corrected chi connectivity index (χ3v) is 5.52. The van der Waals surface area contributed by atoms with Gasteiger partial charge in [0.25, 0.3) is 0 Å². The highest BCUT2D eigenvalue weighted by atomic mass is 19.1. The third kappa shape index (κ3) is 4.97. The Morgan fingerprint density at radius 2 is 2.19 bits per heavy atom. The van der Waals surface area contributed by atoms with Crippen LogP contribution < -0.4 is 11.1 Å². The molecule has 0 bridgehead atoms. The molecule has 7 heteroatoms. The maximum atomic E-state index is 13.1. The second-order valence-electron chi connectivity index (χ2n) is 7.60. The quantitative estimate of drug-likeness (QED) is 0.583.